The van der Waals surface area contributed by atoms with Crippen LogP contribution in [0.4, 0.5) is 0 Å². The molecule has 0 aliphatic heterocycles. The summed E-state index contributed by atoms with van der Waals surface area (Å²) >= 11 is 0. The lowest BCUT2D eigenvalue weighted by molar-refractivity contribution is 0.413. The third-order valence-corrected chi connectivity index (χ3v) is 5.21. The van der Waals surface area contributed by atoms with Gasteiger partial charge in [0, 0.05) is 6.04 Å². The third-order valence-electron chi connectivity index (χ3n) is 3.62. The lowest BCUT2D eigenvalue weighted by Gasteiger charge is -2.13. The zero-order valence-electron chi connectivity index (χ0n) is 12.1. The van der Waals surface area contributed by atoms with E-state index < -0.39 is 10.0 Å². The number of hydrogen-bond donors (Lipinski definition) is 2. The van der Waals surface area contributed by atoms with Gasteiger partial charge in [0.25, 0.3) is 0 Å². The smallest absolute Gasteiger partial charge is 0.241 e. The number of likely N-dealkylation sites (N-methyl/N-ethyl adjacent to an activating group) is 1. The van der Waals surface area contributed by atoms with Crippen LogP contribution in [-0.2, 0) is 16.4 Å². The molecule has 2 N–H and O–H groups in total. The SMILES string of the molecule is CNCCc1cc(OC)ccc1S(=O)(=O)NC1CC1C. The molecule has 1 fully saturated rings. The van der Waals surface area contributed by atoms with Gasteiger partial charge in [-0.05, 0) is 56.1 Å². The van der Waals surface area contributed by atoms with Crippen LogP contribution in [0.2, 0.25) is 0 Å². The molecule has 1 aliphatic rings. The second-order valence-corrected chi connectivity index (χ2v) is 6.95. The molecule has 0 radical (unpaired) electrons. The number of hydrogen-bond acceptors (Lipinski definition) is 4. The zero-order valence-corrected chi connectivity index (χ0v) is 13.0. The monoisotopic (exact) mass is 298 g/mol. The van der Waals surface area contributed by atoms with Crippen LogP contribution in [-0.4, -0.2) is 35.2 Å². The maximum atomic E-state index is 12.4. The van der Waals surface area contributed by atoms with E-state index in [1.54, 1.807) is 25.3 Å². The van der Waals surface area contributed by atoms with Crippen molar-refractivity contribution in [3.63, 3.8) is 0 Å². The quantitative estimate of drug-likeness (QED) is 0.792. The molecule has 0 bridgehead atoms. The molecule has 1 saturated carbocycles. The van der Waals surface area contributed by atoms with Gasteiger partial charge in [-0.25, -0.2) is 13.1 Å². The molecule has 0 spiro atoms. The molecule has 1 aromatic carbocycles. The minimum absolute atomic E-state index is 0.0826. The number of methoxy groups -OCH3 is 1. The summed E-state index contributed by atoms with van der Waals surface area (Å²) in [7, 11) is -0.0248. The minimum Gasteiger partial charge on any atom is -0.497 e. The minimum atomic E-state index is -3.45. The van der Waals surface area contributed by atoms with Crippen LogP contribution in [0.5, 0.6) is 5.75 Å². The van der Waals surface area contributed by atoms with Crippen molar-refractivity contribution in [1.29, 1.82) is 0 Å². The van der Waals surface area contributed by atoms with Crippen LogP contribution in [0, 0.1) is 5.92 Å². The number of rotatable bonds is 7. The molecule has 0 heterocycles. The summed E-state index contributed by atoms with van der Waals surface area (Å²) in [4.78, 5) is 0.354. The van der Waals surface area contributed by atoms with Crippen LogP contribution >= 0.6 is 0 Å². The second kappa shape index (κ2) is 6.11. The van der Waals surface area contributed by atoms with Crippen molar-refractivity contribution < 1.29 is 13.2 Å². The molecule has 0 aromatic heterocycles. The second-order valence-electron chi connectivity index (χ2n) is 5.27. The maximum Gasteiger partial charge on any atom is 0.241 e. The fraction of sp³-hybridized carbons (Fsp3) is 0.571. The number of nitrogens with one attached hydrogen (secondary N) is 2. The van der Waals surface area contributed by atoms with Crippen LogP contribution in [0.15, 0.2) is 23.1 Å². The predicted molar refractivity (Wildman–Crippen MR) is 78.5 cm³/mol. The van der Waals surface area contributed by atoms with Crippen LogP contribution in [0.3, 0.4) is 0 Å². The van der Waals surface area contributed by atoms with Gasteiger partial charge in [0.1, 0.15) is 5.75 Å². The van der Waals surface area contributed by atoms with Crippen LogP contribution < -0.4 is 14.8 Å². The highest BCUT2D eigenvalue weighted by Crippen LogP contribution is 2.31. The van der Waals surface area contributed by atoms with Gasteiger partial charge < -0.3 is 10.1 Å². The van der Waals surface area contributed by atoms with E-state index in [2.05, 4.69) is 10.0 Å². The molecule has 20 heavy (non-hydrogen) atoms. The summed E-state index contributed by atoms with van der Waals surface area (Å²) in [5.41, 5.74) is 0.777. The fourth-order valence-electron chi connectivity index (χ4n) is 2.15. The Kier molecular flexibility index (Phi) is 4.67. The average molecular weight is 298 g/mol. The molecular formula is C14H22N2O3S. The lowest BCUT2D eigenvalue weighted by Crippen LogP contribution is -2.28. The van der Waals surface area contributed by atoms with Gasteiger partial charge in [-0.2, -0.15) is 0 Å². The summed E-state index contributed by atoms with van der Waals surface area (Å²) in [6.45, 7) is 2.76. The Hall–Kier alpha value is -1.11. The number of ether oxygens (including phenoxy) is 1. The van der Waals surface area contributed by atoms with E-state index in [-0.39, 0.29) is 6.04 Å². The van der Waals surface area contributed by atoms with E-state index in [1.807, 2.05) is 14.0 Å². The van der Waals surface area contributed by atoms with E-state index in [1.165, 1.54) is 0 Å². The van der Waals surface area contributed by atoms with Crippen LogP contribution in [0.25, 0.3) is 0 Å². The molecule has 1 aliphatic carbocycles. The summed E-state index contributed by atoms with van der Waals surface area (Å²) in [6.07, 6.45) is 1.56. The zero-order chi connectivity index (χ0) is 14.8. The van der Waals surface area contributed by atoms with Crippen LogP contribution in [0.1, 0.15) is 18.9 Å². The van der Waals surface area contributed by atoms with Gasteiger partial charge in [0.2, 0.25) is 10.0 Å². The molecule has 1 aromatic rings. The van der Waals surface area contributed by atoms with Crippen molar-refractivity contribution >= 4 is 10.0 Å². The Balaban J connectivity index is 2.28. The Morgan fingerprint density at radius 2 is 2.10 bits per heavy atom. The summed E-state index contributed by atoms with van der Waals surface area (Å²) < 4.78 is 32.8. The number of sulfonamides is 1. The van der Waals surface area contributed by atoms with Crippen molar-refractivity contribution in [2.24, 2.45) is 5.92 Å². The molecule has 6 heteroatoms. The molecular weight excluding hydrogens is 276 g/mol. The van der Waals surface area contributed by atoms with Crippen molar-refractivity contribution in [2.75, 3.05) is 20.7 Å². The van der Waals surface area contributed by atoms with Gasteiger partial charge in [0.05, 0.1) is 12.0 Å². The summed E-state index contributed by atoms with van der Waals surface area (Å²) in [5, 5.41) is 3.04. The molecule has 112 valence electrons. The molecule has 0 amide bonds. The normalized spacial score (nSPS) is 21.8. The first-order valence-electron chi connectivity index (χ1n) is 6.81. The highest BCUT2D eigenvalue weighted by atomic mass is 32.2. The predicted octanol–water partition coefficient (Wildman–Crippen LogP) is 1.14. The Morgan fingerprint density at radius 1 is 1.40 bits per heavy atom. The van der Waals surface area contributed by atoms with Gasteiger partial charge in [-0.3, -0.25) is 0 Å². The topological polar surface area (TPSA) is 67.4 Å². The van der Waals surface area contributed by atoms with Gasteiger partial charge in [0.15, 0.2) is 0 Å². The Morgan fingerprint density at radius 3 is 2.65 bits per heavy atom. The fourth-order valence-corrected chi connectivity index (χ4v) is 3.76. The standard InChI is InChI=1S/C14H22N2O3S/c1-10-8-13(10)16-20(17,18)14-5-4-12(19-3)9-11(14)6-7-15-2/h4-5,9-10,13,15-16H,6-8H2,1-3H3. The van der Waals surface area contributed by atoms with Gasteiger partial charge in [-0.1, -0.05) is 6.92 Å². The van der Waals surface area contributed by atoms with Gasteiger partial charge in [-0.15, -0.1) is 0 Å². The summed E-state index contributed by atoms with van der Waals surface area (Å²) in [6, 6.07) is 5.19. The molecule has 2 atom stereocenters. The highest BCUT2D eigenvalue weighted by molar-refractivity contribution is 7.89. The largest absolute Gasteiger partial charge is 0.497 e. The highest BCUT2D eigenvalue weighted by Gasteiger charge is 2.36. The van der Waals surface area contributed by atoms with E-state index in [4.69, 9.17) is 4.74 Å². The Labute approximate surface area is 120 Å². The first-order chi connectivity index (χ1) is 9.47. The molecule has 5 nitrogen and oxygen atoms in total. The van der Waals surface area contributed by atoms with E-state index in [9.17, 15) is 8.42 Å². The van der Waals surface area contributed by atoms with Crippen molar-refractivity contribution in [1.82, 2.24) is 10.0 Å². The number of benzene rings is 1. The van der Waals surface area contributed by atoms with Crippen molar-refractivity contribution in [3.05, 3.63) is 23.8 Å². The Bertz CT molecular complexity index is 572. The van der Waals surface area contributed by atoms with Crippen molar-refractivity contribution in [3.8, 4) is 5.75 Å². The third kappa shape index (κ3) is 3.50. The van der Waals surface area contributed by atoms with E-state index >= 15 is 0 Å². The first-order valence-corrected chi connectivity index (χ1v) is 8.30. The summed E-state index contributed by atoms with van der Waals surface area (Å²) in [5.74, 6) is 1.11. The molecule has 0 saturated heterocycles. The van der Waals surface area contributed by atoms with Gasteiger partial charge >= 0.3 is 0 Å². The van der Waals surface area contributed by atoms with Crippen molar-refractivity contribution in [2.45, 2.75) is 30.7 Å². The molecule has 2 unspecified atom stereocenters. The lowest BCUT2D eigenvalue weighted by atomic mass is 10.1. The maximum absolute atomic E-state index is 12.4. The molecule has 2 rings (SSSR count). The first kappa shape index (κ1) is 15.3. The average Bonchev–Trinajstić information content (AvgIpc) is 3.10. The van der Waals surface area contributed by atoms with E-state index in [0.717, 1.165) is 18.5 Å². The van der Waals surface area contributed by atoms with E-state index in [0.29, 0.717) is 23.0 Å².